The minimum Gasteiger partial charge on any atom is -0.465 e. The van der Waals surface area contributed by atoms with Gasteiger partial charge in [0.2, 0.25) is 0 Å². The largest absolute Gasteiger partial charge is 0.465 e. The summed E-state index contributed by atoms with van der Waals surface area (Å²) >= 11 is 6.33. The fourth-order valence-corrected chi connectivity index (χ4v) is 5.77. The van der Waals surface area contributed by atoms with Crippen LogP contribution in [0.3, 0.4) is 0 Å². The van der Waals surface area contributed by atoms with E-state index in [2.05, 4.69) is 19.9 Å². The number of pyridine rings is 1. The summed E-state index contributed by atoms with van der Waals surface area (Å²) in [5, 5.41) is 10.6. The number of halogens is 3. The van der Waals surface area contributed by atoms with E-state index >= 15 is 4.39 Å². The Morgan fingerprint density at radius 3 is 2.65 bits per heavy atom. The van der Waals surface area contributed by atoms with Crippen LogP contribution in [-0.4, -0.2) is 88.4 Å². The second-order valence-corrected chi connectivity index (χ2v) is 10.5. The molecule has 1 unspecified atom stereocenters. The summed E-state index contributed by atoms with van der Waals surface area (Å²) in [6.07, 6.45) is 2.56. The Morgan fingerprint density at radius 2 is 1.93 bits per heavy atom. The summed E-state index contributed by atoms with van der Waals surface area (Å²) in [5.74, 6) is -0.897. The zero-order valence-corrected chi connectivity index (χ0v) is 22.5. The van der Waals surface area contributed by atoms with Crippen LogP contribution in [0, 0.1) is 11.6 Å². The van der Waals surface area contributed by atoms with E-state index in [9.17, 15) is 14.3 Å². The van der Waals surface area contributed by atoms with E-state index in [0.717, 1.165) is 19.4 Å². The summed E-state index contributed by atoms with van der Waals surface area (Å²) in [4.78, 5) is 30.4. The van der Waals surface area contributed by atoms with E-state index in [1.54, 1.807) is 24.3 Å². The number of rotatable bonds is 5. The average Bonchev–Trinajstić information content (AvgIpc) is 3.38. The van der Waals surface area contributed by atoms with Crippen LogP contribution in [-0.2, 0) is 0 Å². The van der Waals surface area contributed by atoms with Gasteiger partial charge < -0.3 is 24.5 Å². The van der Waals surface area contributed by atoms with Gasteiger partial charge >= 0.3 is 12.1 Å². The Morgan fingerprint density at radius 1 is 1.12 bits per heavy atom. The first-order chi connectivity index (χ1) is 19.3. The first kappa shape index (κ1) is 26.4. The normalized spacial score (nSPS) is 18.1. The monoisotopic (exact) mass is 568 g/mol. The van der Waals surface area contributed by atoms with Crippen LogP contribution in [0.5, 0.6) is 6.01 Å². The highest BCUT2D eigenvalue weighted by molar-refractivity contribution is 6.36. The number of likely N-dealkylation sites (N-methyl/N-ethyl adjacent to an activating group) is 1. The van der Waals surface area contributed by atoms with Gasteiger partial charge in [-0.25, -0.2) is 13.6 Å². The van der Waals surface area contributed by atoms with Gasteiger partial charge in [-0.2, -0.15) is 9.97 Å². The number of anilines is 1. The molecule has 6 rings (SSSR count). The van der Waals surface area contributed by atoms with Crippen molar-refractivity contribution in [3.05, 3.63) is 53.2 Å². The highest BCUT2D eigenvalue weighted by Gasteiger charge is 2.27. The third-order valence-electron chi connectivity index (χ3n) is 7.76. The highest BCUT2D eigenvalue weighted by atomic mass is 35.5. The SMILES string of the molecule is CN1CCCC1COc1nc(N2CCN(C(=O)O)CC2)c2cnc(-c3cccc4ccc(F)c(Cl)c34)c(F)c2n1. The molecule has 0 radical (unpaired) electrons. The van der Waals surface area contributed by atoms with Crippen molar-refractivity contribution in [3.63, 3.8) is 0 Å². The number of hydrogen-bond acceptors (Lipinski definition) is 7. The van der Waals surface area contributed by atoms with Gasteiger partial charge in [0.25, 0.3) is 0 Å². The van der Waals surface area contributed by atoms with Crippen molar-refractivity contribution < 1.29 is 23.4 Å². The molecule has 12 heteroatoms. The molecule has 2 aliphatic rings. The van der Waals surface area contributed by atoms with Crippen molar-refractivity contribution in [1.82, 2.24) is 24.8 Å². The molecule has 2 aromatic heterocycles. The molecule has 2 aliphatic heterocycles. The van der Waals surface area contributed by atoms with E-state index in [4.69, 9.17) is 16.3 Å². The second-order valence-electron chi connectivity index (χ2n) is 10.1. The lowest BCUT2D eigenvalue weighted by Crippen LogP contribution is -2.48. The lowest BCUT2D eigenvalue weighted by Gasteiger charge is -2.34. The zero-order chi connectivity index (χ0) is 28.0. The number of carbonyl (C=O) groups is 1. The maximum Gasteiger partial charge on any atom is 0.407 e. The Kier molecular flexibility index (Phi) is 7.01. The standard InChI is InChI=1S/C28H27ClF2N6O3/c1-35-9-3-5-17(35)15-40-27-33-25-19(26(34-27)36-10-12-37(13-11-36)28(38)39)14-32-24(23(25)31)18-6-2-4-16-7-8-20(30)22(29)21(16)18/h2,4,6-8,14,17H,3,5,9-13,15H2,1H3,(H,38,39). The van der Waals surface area contributed by atoms with Crippen molar-refractivity contribution in [2.45, 2.75) is 18.9 Å². The van der Waals surface area contributed by atoms with Gasteiger partial charge in [-0.1, -0.05) is 35.9 Å². The molecule has 40 heavy (non-hydrogen) atoms. The molecule has 2 fully saturated rings. The van der Waals surface area contributed by atoms with Gasteiger partial charge in [0, 0.05) is 49.4 Å². The van der Waals surface area contributed by atoms with Crippen LogP contribution in [0.25, 0.3) is 32.9 Å². The smallest absolute Gasteiger partial charge is 0.407 e. The van der Waals surface area contributed by atoms with Crippen molar-refractivity contribution >= 4 is 45.2 Å². The van der Waals surface area contributed by atoms with Gasteiger partial charge in [0.1, 0.15) is 29.5 Å². The van der Waals surface area contributed by atoms with Crippen molar-refractivity contribution in [2.75, 3.05) is 51.3 Å². The molecular weight excluding hydrogens is 542 g/mol. The van der Waals surface area contributed by atoms with Gasteiger partial charge in [-0.3, -0.25) is 4.98 Å². The number of carboxylic acid groups (broad SMARTS) is 1. The number of nitrogens with zero attached hydrogens (tertiary/aromatic N) is 6. The van der Waals surface area contributed by atoms with Crippen LogP contribution in [0.15, 0.2) is 36.5 Å². The first-order valence-electron chi connectivity index (χ1n) is 13.1. The first-order valence-corrected chi connectivity index (χ1v) is 13.5. The fraction of sp³-hybridized carbons (Fsp3) is 0.357. The summed E-state index contributed by atoms with van der Waals surface area (Å²) in [5.41, 5.74) is 0.328. The van der Waals surface area contributed by atoms with Crippen LogP contribution < -0.4 is 9.64 Å². The van der Waals surface area contributed by atoms with Crippen LogP contribution >= 0.6 is 11.6 Å². The van der Waals surface area contributed by atoms with E-state index in [0.29, 0.717) is 47.2 Å². The van der Waals surface area contributed by atoms with Gasteiger partial charge in [-0.05, 0) is 37.9 Å². The molecule has 208 valence electrons. The third-order valence-corrected chi connectivity index (χ3v) is 8.13. The Labute approximate surface area is 233 Å². The predicted molar refractivity (Wildman–Crippen MR) is 148 cm³/mol. The number of piperazine rings is 1. The Balaban J connectivity index is 1.46. The molecule has 0 saturated carbocycles. The lowest BCUT2D eigenvalue weighted by atomic mass is 10.0. The van der Waals surface area contributed by atoms with Gasteiger partial charge in [-0.15, -0.1) is 0 Å². The summed E-state index contributed by atoms with van der Waals surface area (Å²) in [6.45, 7) is 2.61. The molecule has 0 bridgehead atoms. The van der Waals surface area contributed by atoms with Crippen molar-refractivity contribution in [1.29, 1.82) is 0 Å². The van der Waals surface area contributed by atoms with E-state index in [1.807, 2.05) is 11.9 Å². The van der Waals surface area contributed by atoms with Crippen molar-refractivity contribution in [2.24, 2.45) is 0 Å². The Bertz CT molecular complexity index is 1610. The molecule has 0 spiro atoms. The van der Waals surface area contributed by atoms with Crippen LogP contribution in [0.1, 0.15) is 12.8 Å². The molecule has 4 aromatic rings. The second kappa shape index (κ2) is 10.6. The number of likely N-dealkylation sites (tertiary alicyclic amines) is 1. The lowest BCUT2D eigenvalue weighted by molar-refractivity contribution is 0.142. The maximum absolute atomic E-state index is 16.4. The predicted octanol–water partition coefficient (Wildman–Crippen LogP) is 5.05. The molecule has 1 atom stereocenters. The fourth-order valence-electron chi connectivity index (χ4n) is 5.49. The summed E-state index contributed by atoms with van der Waals surface area (Å²) in [6, 6.07) is 8.23. The number of amides is 1. The highest BCUT2D eigenvalue weighted by Crippen LogP contribution is 2.38. The third kappa shape index (κ3) is 4.73. The minimum atomic E-state index is -0.987. The van der Waals surface area contributed by atoms with E-state index in [1.165, 1.54) is 17.2 Å². The molecule has 0 aliphatic carbocycles. The molecule has 1 N–H and O–H groups in total. The number of benzene rings is 2. The minimum absolute atomic E-state index is 0.00923. The number of aromatic nitrogens is 3. The van der Waals surface area contributed by atoms with Crippen LogP contribution in [0.2, 0.25) is 5.02 Å². The maximum atomic E-state index is 16.4. The van der Waals surface area contributed by atoms with Crippen LogP contribution in [0.4, 0.5) is 19.4 Å². The summed E-state index contributed by atoms with van der Waals surface area (Å²) in [7, 11) is 2.03. The molecule has 2 saturated heterocycles. The van der Waals surface area contributed by atoms with E-state index in [-0.39, 0.29) is 41.4 Å². The number of hydrogen-bond donors (Lipinski definition) is 1. The van der Waals surface area contributed by atoms with Gasteiger partial charge in [0.05, 0.1) is 10.4 Å². The number of fused-ring (bicyclic) bond motifs is 2. The summed E-state index contributed by atoms with van der Waals surface area (Å²) < 4.78 is 36.8. The molecule has 1 amide bonds. The molecular formula is C28H27ClF2N6O3. The van der Waals surface area contributed by atoms with E-state index < -0.39 is 17.7 Å². The molecule has 2 aromatic carbocycles. The number of ether oxygens (including phenoxy) is 1. The van der Waals surface area contributed by atoms with Gasteiger partial charge in [0.15, 0.2) is 5.82 Å². The average molecular weight is 569 g/mol. The zero-order valence-electron chi connectivity index (χ0n) is 21.8. The molecule has 9 nitrogen and oxygen atoms in total. The van der Waals surface area contributed by atoms with Crippen molar-refractivity contribution in [3.8, 4) is 17.3 Å². The molecule has 4 heterocycles. The Hall–Kier alpha value is -3.83. The quantitative estimate of drug-likeness (QED) is 0.357. The topological polar surface area (TPSA) is 94.9 Å².